The van der Waals surface area contributed by atoms with Crippen molar-refractivity contribution in [3.63, 3.8) is 0 Å². The summed E-state index contributed by atoms with van der Waals surface area (Å²) in [5.41, 5.74) is 8.20. The first kappa shape index (κ1) is 23.2. The summed E-state index contributed by atoms with van der Waals surface area (Å²) >= 11 is 0. The molecular weight excluding hydrogens is 493 g/mol. The molecule has 3 N–H and O–H groups in total. The lowest BCUT2D eigenvalue weighted by molar-refractivity contribution is -0.122. The van der Waals surface area contributed by atoms with Gasteiger partial charge in [-0.15, -0.1) is 0 Å². The first-order valence-corrected chi connectivity index (χ1v) is 12.9. The van der Waals surface area contributed by atoms with Crippen LogP contribution in [0.1, 0.15) is 24.8 Å². The summed E-state index contributed by atoms with van der Waals surface area (Å²) in [5.74, 6) is -0.143. The minimum Gasteiger partial charge on any atom is -0.338 e. The van der Waals surface area contributed by atoms with Gasteiger partial charge in [-0.3, -0.25) is 14.9 Å². The maximum atomic E-state index is 14.2. The van der Waals surface area contributed by atoms with Gasteiger partial charge in [0.1, 0.15) is 22.7 Å². The monoisotopic (exact) mass is 517 g/mol. The number of H-pyrrole nitrogens is 2. The van der Waals surface area contributed by atoms with Gasteiger partial charge in [0, 0.05) is 29.3 Å². The van der Waals surface area contributed by atoms with Gasteiger partial charge in [0.05, 0.1) is 28.8 Å². The minimum absolute atomic E-state index is 0.0425. The van der Waals surface area contributed by atoms with E-state index in [4.69, 9.17) is 4.98 Å². The molecule has 0 atom stereocenters. The predicted octanol–water partition coefficient (Wildman–Crippen LogP) is 6.42. The van der Waals surface area contributed by atoms with E-state index in [1.54, 1.807) is 18.6 Å². The van der Waals surface area contributed by atoms with Crippen LogP contribution in [0.2, 0.25) is 0 Å². The summed E-state index contributed by atoms with van der Waals surface area (Å²) in [6, 6.07) is 14.6. The highest BCUT2D eigenvalue weighted by molar-refractivity contribution is 5.99. The Balaban J connectivity index is 1.27. The van der Waals surface area contributed by atoms with Crippen molar-refractivity contribution in [2.75, 3.05) is 5.32 Å². The number of aromatic amines is 2. The Morgan fingerprint density at radius 1 is 1.05 bits per heavy atom. The van der Waals surface area contributed by atoms with Crippen LogP contribution in [0.4, 0.5) is 10.1 Å². The molecule has 7 rings (SSSR count). The quantitative estimate of drug-likeness (QED) is 0.244. The van der Waals surface area contributed by atoms with Gasteiger partial charge in [-0.1, -0.05) is 12.5 Å². The van der Waals surface area contributed by atoms with Crippen molar-refractivity contribution in [3.05, 3.63) is 78.5 Å². The topological polar surface area (TPSA) is 112 Å². The third-order valence-electron chi connectivity index (χ3n) is 7.33. The number of aryl methyl sites for hydroxylation is 1. The Morgan fingerprint density at radius 3 is 2.77 bits per heavy atom. The molecule has 0 spiro atoms. The number of anilines is 1. The van der Waals surface area contributed by atoms with E-state index < -0.39 is 0 Å². The van der Waals surface area contributed by atoms with Crippen molar-refractivity contribution < 1.29 is 9.18 Å². The third-order valence-corrected chi connectivity index (χ3v) is 7.33. The van der Waals surface area contributed by atoms with Crippen molar-refractivity contribution in [1.82, 2.24) is 30.1 Å². The number of aromatic nitrogens is 6. The number of halogens is 1. The first-order chi connectivity index (χ1) is 19.0. The molecule has 5 aromatic heterocycles. The Labute approximate surface area is 222 Å². The largest absolute Gasteiger partial charge is 0.338 e. The zero-order chi connectivity index (χ0) is 26.5. The van der Waals surface area contributed by atoms with E-state index in [2.05, 4.69) is 30.5 Å². The van der Waals surface area contributed by atoms with Crippen LogP contribution in [-0.2, 0) is 4.79 Å². The standard InChI is InChI=1S/C30H24FN7O/c1-16-9-18(11-20(31)10-16)22-7-8-33-29-23(22)13-26(36-29)28-27-25(37-38-28)6-5-24(35-27)19-12-21(15-32-14-19)34-30(39)17-3-2-4-17/h5-15,17H,2-4H2,1H3,(H,33,36)(H,34,39)(H,37,38). The molecule has 39 heavy (non-hydrogen) atoms. The Kier molecular flexibility index (Phi) is 5.43. The van der Waals surface area contributed by atoms with Crippen LogP contribution in [0.3, 0.4) is 0 Å². The Bertz CT molecular complexity index is 1870. The number of amides is 1. The second-order valence-corrected chi connectivity index (χ2v) is 10.1. The van der Waals surface area contributed by atoms with Gasteiger partial charge in [-0.25, -0.2) is 14.4 Å². The van der Waals surface area contributed by atoms with E-state index >= 15 is 0 Å². The number of rotatable bonds is 5. The van der Waals surface area contributed by atoms with E-state index in [1.165, 1.54) is 12.1 Å². The molecule has 0 unspecified atom stereocenters. The number of hydrogen-bond donors (Lipinski definition) is 3. The highest BCUT2D eigenvalue weighted by Crippen LogP contribution is 2.34. The summed E-state index contributed by atoms with van der Waals surface area (Å²) < 4.78 is 14.2. The molecule has 1 fully saturated rings. The number of hydrogen-bond acceptors (Lipinski definition) is 5. The predicted molar refractivity (Wildman–Crippen MR) is 148 cm³/mol. The van der Waals surface area contributed by atoms with Crippen molar-refractivity contribution in [3.8, 4) is 33.8 Å². The van der Waals surface area contributed by atoms with Gasteiger partial charge in [0.2, 0.25) is 5.91 Å². The van der Waals surface area contributed by atoms with Crippen molar-refractivity contribution >= 4 is 33.7 Å². The molecule has 9 heteroatoms. The van der Waals surface area contributed by atoms with Crippen LogP contribution in [0.15, 0.2) is 67.1 Å². The molecule has 192 valence electrons. The molecule has 1 aliphatic rings. The maximum absolute atomic E-state index is 14.2. The average molecular weight is 518 g/mol. The smallest absolute Gasteiger partial charge is 0.227 e. The molecular formula is C30H24FN7O. The van der Waals surface area contributed by atoms with Crippen molar-refractivity contribution in [2.45, 2.75) is 26.2 Å². The molecule has 1 aliphatic carbocycles. The summed E-state index contributed by atoms with van der Waals surface area (Å²) in [6.45, 7) is 1.88. The van der Waals surface area contributed by atoms with E-state index in [-0.39, 0.29) is 17.6 Å². The van der Waals surface area contributed by atoms with Crippen LogP contribution < -0.4 is 5.32 Å². The summed E-state index contributed by atoms with van der Waals surface area (Å²) in [6.07, 6.45) is 8.07. The molecule has 1 saturated carbocycles. The van der Waals surface area contributed by atoms with Crippen LogP contribution in [0, 0.1) is 18.7 Å². The number of benzene rings is 1. The number of pyridine rings is 3. The zero-order valence-corrected chi connectivity index (χ0v) is 21.1. The van der Waals surface area contributed by atoms with E-state index in [0.717, 1.165) is 58.1 Å². The summed E-state index contributed by atoms with van der Waals surface area (Å²) in [4.78, 5) is 29.5. The van der Waals surface area contributed by atoms with E-state index in [9.17, 15) is 9.18 Å². The Morgan fingerprint density at radius 2 is 1.95 bits per heavy atom. The van der Waals surface area contributed by atoms with E-state index in [1.807, 2.05) is 43.3 Å². The number of carbonyl (C=O) groups excluding carboxylic acids is 1. The van der Waals surface area contributed by atoms with Gasteiger partial charge in [-0.2, -0.15) is 5.10 Å². The minimum atomic E-state index is -0.276. The lowest BCUT2D eigenvalue weighted by atomic mass is 9.85. The summed E-state index contributed by atoms with van der Waals surface area (Å²) in [5, 5.41) is 11.4. The van der Waals surface area contributed by atoms with Gasteiger partial charge in [0.15, 0.2) is 0 Å². The van der Waals surface area contributed by atoms with Crippen molar-refractivity contribution in [1.29, 1.82) is 0 Å². The molecule has 6 aromatic rings. The van der Waals surface area contributed by atoms with Gasteiger partial charge in [0.25, 0.3) is 0 Å². The van der Waals surface area contributed by atoms with Crippen molar-refractivity contribution in [2.24, 2.45) is 5.92 Å². The zero-order valence-electron chi connectivity index (χ0n) is 21.1. The molecule has 0 aliphatic heterocycles. The maximum Gasteiger partial charge on any atom is 0.227 e. The third kappa shape index (κ3) is 4.21. The molecule has 8 nitrogen and oxygen atoms in total. The number of fused-ring (bicyclic) bond motifs is 2. The molecule has 0 radical (unpaired) electrons. The molecule has 1 aromatic carbocycles. The number of carbonyl (C=O) groups is 1. The first-order valence-electron chi connectivity index (χ1n) is 12.9. The highest BCUT2D eigenvalue weighted by Gasteiger charge is 2.25. The second kappa shape index (κ2) is 9.13. The van der Waals surface area contributed by atoms with E-state index in [0.29, 0.717) is 28.2 Å². The highest BCUT2D eigenvalue weighted by atomic mass is 19.1. The van der Waals surface area contributed by atoms with Crippen LogP contribution in [-0.4, -0.2) is 36.0 Å². The van der Waals surface area contributed by atoms with Crippen LogP contribution in [0.25, 0.3) is 55.8 Å². The fraction of sp³-hybridized carbons (Fsp3) is 0.167. The Hall–Kier alpha value is -4.92. The van der Waals surface area contributed by atoms with Crippen LogP contribution >= 0.6 is 0 Å². The van der Waals surface area contributed by atoms with Crippen LogP contribution in [0.5, 0.6) is 0 Å². The molecule has 5 heterocycles. The molecule has 0 saturated heterocycles. The molecule has 0 bridgehead atoms. The lowest BCUT2D eigenvalue weighted by Crippen LogP contribution is -2.28. The number of nitrogens with one attached hydrogen (secondary N) is 3. The SMILES string of the molecule is Cc1cc(F)cc(-c2ccnc3[nH]c(-c4n[nH]c5ccc(-c6cncc(NC(=O)C7CCC7)c6)nc45)cc23)c1. The van der Waals surface area contributed by atoms with Gasteiger partial charge >= 0.3 is 0 Å². The number of nitrogens with zero attached hydrogens (tertiary/aromatic N) is 4. The lowest BCUT2D eigenvalue weighted by Gasteiger charge is -2.24. The second-order valence-electron chi connectivity index (χ2n) is 10.1. The van der Waals surface area contributed by atoms with Gasteiger partial charge in [-0.05, 0) is 78.9 Å². The fourth-order valence-electron chi connectivity index (χ4n) is 5.11. The average Bonchev–Trinajstić information content (AvgIpc) is 3.50. The van der Waals surface area contributed by atoms with Gasteiger partial charge < -0.3 is 10.3 Å². The fourth-order valence-corrected chi connectivity index (χ4v) is 5.11. The normalized spacial score (nSPS) is 13.6. The summed E-state index contributed by atoms with van der Waals surface area (Å²) in [7, 11) is 0. The molecule has 1 amide bonds.